The second kappa shape index (κ2) is 8.34. The molecular formula is C22H15F3N4O4. The van der Waals surface area contributed by atoms with Crippen molar-refractivity contribution in [3.05, 3.63) is 93.3 Å². The number of ether oxygens (including phenoxy) is 1. The van der Waals surface area contributed by atoms with Crippen molar-refractivity contribution >= 4 is 17.3 Å². The van der Waals surface area contributed by atoms with Gasteiger partial charge in [-0.3, -0.25) is 10.1 Å². The molecule has 0 fully saturated rings. The summed E-state index contributed by atoms with van der Waals surface area (Å²) in [5.74, 6) is -1.01. The second-order valence-corrected chi connectivity index (χ2v) is 7.15. The molecule has 0 unspecified atom stereocenters. The van der Waals surface area contributed by atoms with Gasteiger partial charge in [0.1, 0.15) is 12.2 Å². The molecule has 4 rings (SSSR count). The fourth-order valence-corrected chi connectivity index (χ4v) is 3.21. The van der Waals surface area contributed by atoms with E-state index in [0.29, 0.717) is 10.1 Å². The average molecular weight is 456 g/mol. The lowest BCUT2D eigenvalue weighted by molar-refractivity contribution is -0.385. The summed E-state index contributed by atoms with van der Waals surface area (Å²) < 4.78 is 46.8. The first-order valence-electron chi connectivity index (χ1n) is 9.57. The third kappa shape index (κ3) is 4.38. The highest BCUT2D eigenvalue weighted by atomic mass is 19.4. The number of alkyl halides is 3. The molecule has 0 atom stereocenters. The topological polar surface area (TPSA) is 99.6 Å². The Morgan fingerprint density at radius 1 is 1.15 bits per heavy atom. The largest absolute Gasteiger partial charge is 0.457 e. The summed E-state index contributed by atoms with van der Waals surface area (Å²) in [6.07, 6.45) is -3.84. The summed E-state index contributed by atoms with van der Waals surface area (Å²) >= 11 is 0. The fraction of sp³-hybridized carbons (Fsp3) is 0.136. The summed E-state index contributed by atoms with van der Waals surface area (Å²) in [6, 6.07) is 13.2. The van der Waals surface area contributed by atoms with Gasteiger partial charge in [-0.2, -0.15) is 18.3 Å². The number of fused-ring (bicyclic) bond motifs is 1. The molecule has 0 N–H and O–H groups in total. The van der Waals surface area contributed by atoms with Gasteiger partial charge in [0.05, 0.1) is 22.4 Å². The van der Waals surface area contributed by atoms with Crippen LogP contribution < -0.4 is 0 Å². The minimum absolute atomic E-state index is 0.00284. The van der Waals surface area contributed by atoms with Crippen molar-refractivity contribution in [3.8, 4) is 11.3 Å². The molecular weight excluding hydrogens is 441 g/mol. The fourth-order valence-electron chi connectivity index (χ4n) is 3.21. The Labute approximate surface area is 184 Å². The molecule has 8 nitrogen and oxygen atoms in total. The lowest BCUT2D eigenvalue weighted by Gasteiger charge is -2.12. The van der Waals surface area contributed by atoms with E-state index in [2.05, 4.69) is 10.1 Å². The first-order chi connectivity index (χ1) is 15.6. The molecule has 33 heavy (non-hydrogen) atoms. The molecule has 2 aromatic heterocycles. The standard InChI is InChI=1S/C22H15F3N4O4/c1-13-6-8-14(9-7-13)17-10-19(22(23,24)25)28-20(27-17)16(11-26-28)21(30)33-12-15-4-2-3-5-18(15)29(31)32/h2-11H,12H2,1H3. The number of hydrogen-bond acceptors (Lipinski definition) is 6. The zero-order valence-electron chi connectivity index (χ0n) is 17.0. The molecule has 0 spiro atoms. The van der Waals surface area contributed by atoms with Crippen LogP contribution in [-0.4, -0.2) is 25.5 Å². The van der Waals surface area contributed by atoms with E-state index in [9.17, 15) is 28.1 Å². The molecule has 11 heteroatoms. The molecule has 0 saturated heterocycles. The maximum atomic E-state index is 13.7. The number of aryl methyl sites for hydroxylation is 1. The maximum Gasteiger partial charge on any atom is 0.433 e. The third-order valence-electron chi connectivity index (χ3n) is 4.88. The van der Waals surface area contributed by atoms with Crippen molar-refractivity contribution in [2.45, 2.75) is 19.7 Å². The lowest BCUT2D eigenvalue weighted by atomic mass is 10.1. The number of carbonyl (C=O) groups is 1. The number of halogens is 3. The zero-order valence-corrected chi connectivity index (χ0v) is 17.0. The van der Waals surface area contributed by atoms with Crippen LogP contribution in [0.5, 0.6) is 0 Å². The molecule has 0 radical (unpaired) electrons. The van der Waals surface area contributed by atoms with Gasteiger partial charge in [0, 0.05) is 11.6 Å². The number of nitro groups is 1. The van der Waals surface area contributed by atoms with Gasteiger partial charge in [0.2, 0.25) is 0 Å². The number of carbonyl (C=O) groups excluding carboxylic acids is 1. The van der Waals surface area contributed by atoms with E-state index in [0.717, 1.165) is 17.8 Å². The van der Waals surface area contributed by atoms with Crippen LogP contribution in [0.25, 0.3) is 16.9 Å². The highest BCUT2D eigenvalue weighted by molar-refractivity contribution is 5.96. The van der Waals surface area contributed by atoms with E-state index >= 15 is 0 Å². The number of benzene rings is 2. The van der Waals surface area contributed by atoms with Gasteiger partial charge < -0.3 is 4.74 Å². The van der Waals surface area contributed by atoms with E-state index in [1.54, 1.807) is 24.3 Å². The first-order valence-corrected chi connectivity index (χ1v) is 9.57. The Balaban J connectivity index is 1.74. The average Bonchev–Trinajstić information content (AvgIpc) is 3.20. The van der Waals surface area contributed by atoms with Gasteiger partial charge in [0.25, 0.3) is 5.69 Å². The number of aromatic nitrogens is 3. The van der Waals surface area contributed by atoms with E-state index in [1.807, 2.05) is 6.92 Å². The quantitative estimate of drug-likeness (QED) is 0.238. The molecule has 4 aromatic rings. The summed E-state index contributed by atoms with van der Waals surface area (Å²) in [6.45, 7) is 1.39. The van der Waals surface area contributed by atoms with E-state index in [-0.39, 0.29) is 28.2 Å². The van der Waals surface area contributed by atoms with Gasteiger partial charge >= 0.3 is 12.1 Å². The highest BCUT2D eigenvalue weighted by Crippen LogP contribution is 2.33. The molecule has 0 amide bonds. The van der Waals surface area contributed by atoms with E-state index in [4.69, 9.17) is 4.74 Å². The van der Waals surface area contributed by atoms with E-state index in [1.165, 1.54) is 24.3 Å². The Kier molecular flexibility index (Phi) is 5.54. The molecule has 0 aliphatic carbocycles. The van der Waals surface area contributed by atoms with Gasteiger partial charge in [-0.1, -0.05) is 42.0 Å². The van der Waals surface area contributed by atoms with Gasteiger partial charge in [-0.25, -0.2) is 14.3 Å². The zero-order chi connectivity index (χ0) is 23.8. The van der Waals surface area contributed by atoms with Crippen LogP contribution in [0.15, 0.2) is 60.8 Å². The van der Waals surface area contributed by atoms with Crippen LogP contribution in [0.4, 0.5) is 18.9 Å². The molecule has 0 bridgehead atoms. The minimum Gasteiger partial charge on any atom is -0.457 e. The minimum atomic E-state index is -4.77. The smallest absolute Gasteiger partial charge is 0.433 e. The van der Waals surface area contributed by atoms with Crippen LogP contribution in [0.2, 0.25) is 0 Å². The van der Waals surface area contributed by atoms with Crippen LogP contribution in [0.3, 0.4) is 0 Å². The summed E-state index contributed by atoms with van der Waals surface area (Å²) in [5, 5.41) is 14.8. The van der Waals surface area contributed by atoms with E-state index < -0.39 is 29.4 Å². The van der Waals surface area contributed by atoms with Crippen molar-refractivity contribution in [1.82, 2.24) is 14.6 Å². The molecule has 0 aliphatic rings. The number of para-hydroxylation sites is 1. The normalized spacial score (nSPS) is 11.5. The lowest BCUT2D eigenvalue weighted by Crippen LogP contribution is -2.14. The van der Waals surface area contributed by atoms with Gasteiger partial charge in [-0.15, -0.1) is 0 Å². The SMILES string of the molecule is Cc1ccc(-c2cc(C(F)(F)F)n3ncc(C(=O)OCc4ccccc4[N+](=O)[O-])c3n2)cc1. The van der Waals surface area contributed by atoms with Crippen molar-refractivity contribution < 1.29 is 27.6 Å². The molecule has 2 heterocycles. The Bertz CT molecular complexity index is 1360. The van der Waals surface area contributed by atoms with Crippen LogP contribution >= 0.6 is 0 Å². The van der Waals surface area contributed by atoms with Gasteiger partial charge in [-0.05, 0) is 19.1 Å². The molecule has 0 aliphatic heterocycles. The monoisotopic (exact) mass is 456 g/mol. The molecule has 0 saturated carbocycles. The summed E-state index contributed by atoms with van der Waals surface area (Å²) in [7, 11) is 0. The number of rotatable bonds is 5. The highest BCUT2D eigenvalue weighted by Gasteiger charge is 2.36. The van der Waals surface area contributed by atoms with Crippen molar-refractivity contribution in [2.75, 3.05) is 0 Å². The van der Waals surface area contributed by atoms with Crippen LogP contribution in [-0.2, 0) is 17.5 Å². The van der Waals surface area contributed by atoms with Crippen molar-refractivity contribution in [1.29, 1.82) is 0 Å². The summed E-state index contributed by atoms with van der Waals surface area (Å²) in [4.78, 5) is 27.4. The third-order valence-corrected chi connectivity index (χ3v) is 4.88. The number of esters is 1. The second-order valence-electron chi connectivity index (χ2n) is 7.15. The number of nitrogens with zero attached hydrogens (tertiary/aromatic N) is 4. The Morgan fingerprint density at radius 2 is 1.85 bits per heavy atom. The van der Waals surface area contributed by atoms with Crippen molar-refractivity contribution in [2.24, 2.45) is 0 Å². The molecule has 2 aromatic carbocycles. The summed E-state index contributed by atoms with van der Waals surface area (Å²) in [5.41, 5.74) is -0.515. The number of nitro benzene ring substituents is 1. The Morgan fingerprint density at radius 3 is 2.52 bits per heavy atom. The molecule has 168 valence electrons. The van der Waals surface area contributed by atoms with Crippen LogP contribution in [0.1, 0.15) is 27.2 Å². The van der Waals surface area contributed by atoms with Gasteiger partial charge in [0.15, 0.2) is 11.3 Å². The predicted octanol–water partition coefficient (Wildman–Crippen LogP) is 4.99. The maximum absolute atomic E-state index is 13.7. The number of hydrogen-bond donors (Lipinski definition) is 0. The van der Waals surface area contributed by atoms with Crippen molar-refractivity contribution in [3.63, 3.8) is 0 Å². The predicted molar refractivity (Wildman–Crippen MR) is 110 cm³/mol. The first kappa shape index (κ1) is 21.9. The van der Waals surface area contributed by atoms with Crippen LogP contribution in [0, 0.1) is 17.0 Å². The Hall–Kier alpha value is -4.28.